The molecule has 6 nitrogen and oxygen atoms in total. The van der Waals surface area contributed by atoms with Gasteiger partial charge in [-0.2, -0.15) is 5.26 Å². The number of pyridine rings is 1. The van der Waals surface area contributed by atoms with Gasteiger partial charge in [0.15, 0.2) is 0 Å². The number of piperazine rings is 1. The van der Waals surface area contributed by atoms with E-state index < -0.39 is 0 Å². The summed E-state index contributed by atoms with van der Waals surface area (Å²) in [5.41, 5.74) is 2.79. The molecule has 0 aliphatic carbocycles. The van der Waals surface area contributed by atoms with Gasteiger partial charge in [-0.05, 0) is 29.5 Å². The number of aromatic nitrogens is 1. The fourth-order valence-electron chi connectivity index (χ4n) is 3.25. The number of carbonyl (C=O) groups excluding carboxylic acids is 1. The van der Waals surface area contributed by atoms with Gasteiger partial charge in [0.25, 0.3) is 5.56 Å². The van der Waals surface area contributed by atoms with Crippen LogP contribution in [0.5, 0.6) is 0 Å². The second-order valence-corrected chi connectivity index (χ2v) is 6.39. The summed E-state index contributed by atoms with van der Waals surface area (Å²) in [7, 11) is 0. The predicted molar refractivity (Wildman–Crippen MR) is 96.0 cm³/mol. The van der Waals surface area contributed by atoms with E-state index in [4.69, 9.17) is 5.26 Å². The van der Waals surface area contributed by atoms with E-state index in [0.29, 0.717) is 13.1 Å². The molecule has 1 aromatic heterocycles. The first-order chi connectivity index (χ1) is 12.1. The van der Waals surface area contributed by atoms with Crippen LogP contribution in [0, 0.1) is 11.3 Å². The summed E-state index contributed by atoms with van der Waals surface area (Å²) in [5.74, 6) is -0.0860. The van der Waals surface area contributed by atoms with E-state index >= 15 is 0 Å². The Kier molecular flexibility index (Phi) is 5.15. The number of hydrogen-bond donors (Lipinski definition) is 1. The molecule has 1 aromatic carbocycles. The van der Waals surface area contributed by atoms with Crippen LogP contribution in [0.25, 0.3) is 10.9 Å². The third kappa shape index (κ3) is 3.89. The van der Waals surface area contributed by atoms with Crippen molar-refractivity contribution in [1.29, 1.82) is 5.26 Å². The van der Waals surface area contributed by atoms with E-state index in [1.54, 1.807) is 4.90 Å². The molecule has 1 aliphatic rings. The Hall–Kier alpha value is -2.65. The minimum absolute atomic E-state index is 0.0169. The molecule has 130 valence electrons. The fraction of sp³-hybridized carbons (Fsp3) is 0.421. The van der Waals surface area contributed by atoms with Crippen LogP contribution in [0.2, 0.25) is 0 Å². The Bertz CT molecular complexity index is 873. The molecule has 1 N–H and O–H groups in total. The number of nitrogens with one attached hydrogen (secondary N) is 1. The van der Waals surface area contributed by atoms with Crippen LogP contribution < -0.4 is 5.56 Å². The predicted octanol–water partition coefficient (Wildman–Crippen LogP) is 1.65. The van der Waals surface area contributed by atoms with Crippen molar-refractivity contribution >= 4 is 16.8 Å². The largest absolute Gasteiger partial charge is 0.339 e. The van der Waals surface area contributed by atoms with E-state index in [2.05, 4.69) is 16.0 Å². The average molecular weight is 338 g/mol. The second-order valence-electron chi connectivity index (χ2n) is 6.39. The molecule has 1 fully saturated rings. The number of aromatic amines is 1. The van der Waals surface area contributed by atoms with Gasteiger partial charge in [0, 0.05) is 43.8 Å². The lowest BCUT2D eigenvalue weighted by Crippen LogP contribution is -2.48. The number of carbonyl (C=O) groups is 1. The second kappa shape index (κ2) is 7.49. The Balaban J connectivity index is 1.67. The first-order valence-electron chi connectivity index (χ1n) is 8.62. The van der Waals surface area contributed by atoms with Crippen molar-refractivity contribution in [2.45, 2.75) is 26.3 Å². The number of benzene rings is 1. The zero-order chi connectivity index (χ0) is 17.8. The van der Waals surface area contributed by atoms with Crippen molar-refractivity contribution in [2.24, 2.45) is 0 Å². The van der Waals surface area contributed by atoms with Gasteiger partial charge >= 0.3 is 0 Å². The van der Waals surface area contributed by atoms with Crippen LogP contribution >= 0.6 is 0 Å². The van der Waals surface area contributed by atoms with E-state index in [9.17, 15) is 9.59 Å². The highest BCUT2D eigenvalue weighted by atomic mass is 16.2. The third-order valence-electron chi connectivity index (χ3n) is 4.73. The quantitative estimate of drug-likeness (QED) is 0.919. The number of H-pyrrole nitrogens is 1. The highest BCUT2D eigenvalue weighted by Crippen LogP contribution is 2.16. The minimum atomic E-state index is -0.0860. The summed E-state index contributed by atoms with van der Waals surface area (Å²) in [5, 5.41) is 9.67. The third-order valence-corrected chi connectivity index (χ3v) is 4.73. The molecular weight excluding hydrogens is 316 g/mol. The molecule has 1 amide bonds. The van der Waals surface area contributed by atoms with Crippen LogP contribution in [0.15, 0.2) is 29.1 Å². The maximum atomic E-state index is 12.0. The first kappa shape index (κ1) is 17.2. The van der Waals surface area contributed by atoms with E-state index in [1.165, 1.54) is 0 Å². The molecule has 1 saturated heterocycles. The Morgan fingerprint density at radius 3 is 2.68 bits per heavy atom. The van der Waals surface area contributed by atoms with Gasteiger partial charge in [0.1, 0.15) is 6.42 Å². The number of aryl methyl sites for hydroxylation is 1. The smallest absolute Gasteiger partial charge is 0.251 e. The van der Waals surface area contributed by atoms with Crippen molar-refractivity contribution < 1.29 is 4.79 Å². The number of amides is 1. The van der Waals surface area contributed by atoms with Gasteiger partial charge < -0.3 is 9.88 Å². The highest BCUT2D eigenvalue weighted by Gasteiger charge is 2.20. The zero-order valence-electron chi connectivity index (χ0n) is 14.4. The van der Waals surface area contributed by atoms with Crippen molar-refractivity contribution in [1.82, 2.24) is 14.8 Å². The highest BCUT2D eigenvalue weighted by molar-refractivity contribution is 5.79. The Labute approximate surface area is 146 Å². The summed E-state index contributed by atoms with van der Waals surface area (Å²) in [6.45, 7) is 5.66. The standard InChI is InChI=1S/C19H22N4O2/c1-2-15-12-16-4-3-14(11-17(16)21-19(15)25)13-22-7-9-23(10-8-22)18(24)5-6-20/h3-4,11-12H,2,5,7-10,13H2,1H3,(H,21,25). The Morgan fingerprint density at radius 1 is 1.24 bits per heavy atom. The molecule has 0 radical (unpaired) electrons. The number of hydrogen-bond acceptors (Lipinski definition) is 4. The number of rotatable bonds is 4. The monoisotopic (exact) mass is 338 g/mol. The lowest BCUT2D eigenvalue weighted by atomic mass is 10.1. The van der Waals surface area contributed by atoms with Gasteiger partial charge in [-0.25, -0.2) is 0 Å². The van der Waals surface area contributed by atoms with Crippen LogP contribution in [0.1, 0.15) is 24.5 Å². The molecule has 0 spiro atoms. The lowest BCUT2D eigenvalue weighted by molar-refractivity contribution is -0.131. The molecule has 0 bridgehead atoms. The minimum Gasteiger partial charge on any atom is -0.339 e. The summed E-state index contributed by atoms with van der Waals surface area (Å²) in [4.78, 5) is 30.7. The molecular formula is C19H22N4O2. The van der Waals surface area contributed by atoms with Crippen LogP contribution in [-0.2, 0) is 17.8 Å². The van der Waals surface area contributed by atoms with Gasteiger partial charge in [0.05, 0.1) is 6.07 Å². The van der Waals surface area contributed by atoms with Crippen LogP contribution in [0.3, 0.4) is 0 Å². The fourth-order valence-corrected chi connectivity index (χ4v) is 3.25. The van der Waals surface area contributed by atoms with Crippen molar-refractivity contribution in [3.05, 3.63) is 45.7 Å². The van der Waals surface area contributed by atoms with Crippen LogP contribution in [0.4, 0.5) is 0 Å². The summed E-state index contributed by atoms with van der Waals surface area (Å²) in [6, 6.07) is 10.0. The zero-order valence-corrected chi connectivity index (χ0v) is 14.4. The normalized spacial score (nSPS) is 15.3. The van der Waals surface area contributed by atoms with E-state index in [1.807, 2.05) is 31.2 Å². The maximum Gasteiger partial charge on any atom is 0.251 e. The van der Waals surface area contributed by atoms with Crippen molar-refractivity contribution in [2.75, 3.05) is 26.2 Å². The average Bonchev–Trinajstić information content (AvgIpc) is 2.62. The molecule has 6 heteroatoms. The van der Waals surface area contributed by atoms with Gasteiger partial charge in [-0.1, -0.05) is 19.1 Å². The van der Waals surface area contributed by atoms with Crippen molar-refractivity contribution in [3.63, 3.8) is 0 Å². The maximum absolute atomic E-state index is 12.0. The van der Waals surface area contributed by atoms with E-state index in [0.717, 1.165) is 48.1 Å². The first-order valence-corrected chi connectivity index (χ1v) is 8.62. The van der Waals surface area contributed by atoms with Crippen LogP contribution in [-0.4, -0.2) is 46.9 Å². The van der Waals surface area contributed by atoms with Crippen molar-refractivity contribution in [3.8, 4) is 6.07 Å². The molecule has 1 aliphatic heterocycles. The number of fused-ring (bicyclic) bond motifs is 1. The number of nitriles is 1. The topological polar surface area (TPSA) is 80.2 Å². The Morgan fingerprint density at radius 2 is 2.00 bits per heavy atom. The molecule has 3 rings (SSSR count). The molecule has 0 unspecified atom stereocenters. The lowest BCUT2D eigenvalue weighted by Gasteiger charge is -2.34. The van der Waals surface area contributed by atoms with Gasteiger partial charge in [-0.15, -0.1) is 0 Å². The van der Waals surface area contributed by atoms with Gasteiger partial charge in [-0.3, -0.25) is 14.5 Å². The van der Waals surface area contributed by atoms with Gasteiger partial charge in [0.2, 0.25) is 5.91 Å². The number of nitrogens with zero attached hydrogens (tertiary/aromatic N) is 3. The molecule has 2 aromatic rings. The van der Waals surface area contributed by atoms with E-state index in [-0.39, 0.29) is 17.9 Å². The summed E-state index contributed by atoms with van der Waals surface area (Å²) < 4.78 is 0. The molecule has 25 heavy (non-hydrogen) atoms. The summed E-state index contributed by atoms with van der Waals surface area (Å²) in [6.07, 6.45) is 0.680. The molecule has 2 heterocycles. The summed E-state index contributed by atoms with van der Waals surface area (Å²) >= 11 is 0. The molecule has 0 saturated carbocycles. The molecule has 0 atom stereocenters. The SMILES string of the molecule is CCc1cc2ccc(CN3CCN(C(=O)CC#N)CC3)cc2[nH]c1=O.